The van der Waals surface area contributed by atoms with E-state index in [1.54, 1.807) is 24.1 Å². The molecule has 4 rings (SSSR count). The molecule has 8 heteroatoms. The van der Waals surface area contributed by atoms with E-state index in [0.29, 0.717) is 40.3 Å². The number of methoxy groups -OCH3 is 1. The molecule has 0 aromatic heterocycles. The first-order valence-corrected chi connectivity index (χ1v) is 11.0. The van der Waals surface area contributed by atoms with Gasteiger partial charge < -0.3 is 14.4 Å². The van der Waals surface area contributed by atoms with Gasteiger partial charge in [0.1, 0.15) is 6.61 Å². The van der Waals surface area contributed by atoms with E-state index >= 15 is 0 Å². The average molecular weight is 486 g/mol. The van der Waals surface area contributed by atoms with Crippen molar-refractivity contribution in [2.75, 3.05) is 38.3 Å². The topological polar surface area (TPSA) is 42.0 Å². The Labute approximate surface area is 199 Å². The summed E-state index contributed by atoms with van der Waals surface area (Å²) in [7, 11) is 1.62. The summed E-state index contributed by atoms with van der Waals surface area (Å²) in [6.07, 6.45) is 2.48. The number of likely N-dealkylation sites (tertiary alicyclic amines) is 1. The van der Waals surface area contributed by atoms with Gasteiger partial charge >= 0.3 is 0 Å². The minimum Gasteiger partial charge on any atom is -0.493 e. The SMILES string of the molecule is COc1ccc(N2Cc3cc(Cl)cc(Cl)c3C2=O)cc1OCCN1CCC(C)CC1.Cl. The van der Waals surface area contributed by atoms with Crippen molar-refractivity contribution in [2.24, 2.45) is 5.92 Å². The summed E-state index contributed by atoms with van der Waals surface area (Å²) in [5.41, 5.74) is 2.08. The van der Waals surface area contributed by atoms with Crippen molar-refractivity contribution in [2.45, 2.75) is 26.3 Å². The maximum absolute atomic E-state index is 13.0. The Morgan fingerprint density at radius 1 is 1.10 bits per heavy atom. The molecular weight excluding hydrogens is 459 g/mol. The zero-order valence-corrected chi connectivity index (χ0v) is 20.0. The van der Waals surface area contributed by atoms with E-state index in [4.69, 9.17) is 32.7 Å². The fourth-order valence-corrected chi connectivity index (χ4v) is 4.71. The van der Waals surface area contributed by atoms with Crippen LogP contribution in [0.1, 0.15) is 35.7 Å². The van der Waals surface area contributed by atoms with Crippen LogP contribution in [0, 0.1) is 5.92 Å². The zero-order valence-electron chi connectivity index (χ0n) is 17.7. The Balaban J connectivity index is 0.00000272. The Bertz CT molecular complexity index is 946. The molecule has 2 aliphatic heterocycles. The maximum Gasteiger partial charge on any atom is 0.260 e. The van der Waals surface area contributed by atoms with E-state index in [1.165, 1.54) is 12.8 Å². The number of hydrogen-bond acceptors (Lipinski definition) is 4. The number of amides is 1. The van der Waals surface area contributed by atoms with Crippen LogP contribution in [0.5, 0.6) is 11.5 Å². The summed E-state index contributed by atoms with van der Waals surface area (Å²) in [6, 6.07) is 8.94. The molecule has 5 nitrogen and oxygen atoms in total. The second-order valence-electron chi connectivity index (χ2n) is 8.02. The fourth-order valence-electron chi connectivity index (χ4n) is 4.09. The normalized spacial score (nSPS) is 16.8. The third-order valence-electron chi connectivity index (χ3n) is 5.92. The first-order valence-electron chi connectivity index (χ1n) is 10.3. The van der Waals surface area contributed by atoms with Gasteiger partial charge in [0.25, 0.3) is 5.91 Å². The highest BCUT2D eigenvalue weighted by molar-refractivity contribution is 6.38. The van der Waals surface area contributed by atoms with Crippen molar-refractivity contribution >= 4 is 47.2 Å². The highest BCUT2D eigenvalue weighted by Crippen LogP contribution is 2.38. The number of carbonyl (C=O) groups is 1. The molecule has 31 heavy (non-hydrogen) atoms. The summed E-state index contributed by atoms with van der Waals surface area (Å²) in [6.45, 7) is 6.42. The van der Waals surface area contributed by atoms with Crippen molar-refractivity contribution < 1.29 is 14.3 Å². The number of fused-ring (bicyclic) bond motifs is 1. The van der Waals surface area contributed by atoms with Gasteiger partial charge in [-0.25, -0.2) is 0 Å². The zero-order chi connectivity index (χ0) is 21.3. The first-order chi connectivity index (χ1) is 14.5. The molecule has 0 spiro atoms. The van der Waals surface area contributed by atoms with Crippen LogP contribution in [0.15, 0.2) is 30.3 Å². The molecule has 0 atom stereocenters. The molecule has 2 aromatic carbocycles. The second kappa shape index (κ2) is 10.3. The Morgan fingerprint density at radius 2 is 1.84 bits per heavy atom. The number of hydrogen-bond donors (Lipinski definition) is 0. The summed E-state index contributed by atoms with van der Waals surface area (Å²) in [4.78, 5) is 17.1. The minimum absolute atomic E-state index is 0. The maximum atomic E-state index is 13.0. The van der Waals surface area contributed by atoms with E-state index in [1.807, 2.05) is 18.2 Å². The lowest BCUT2D eigenvalue weighted by Gasteiger charge is -2.30. The average Bonchev–Trinajstić information content (AvgIpc) is 3.05. The predicted octanol–water partition coefficient (Wildman–Crippen LogP) is 5.69. The molecule has 2 aromatic rings. The molecule has 0 unspecified atom stereocenters. The summed E-state index contributed by atoms with van der Waals surface area (Å²) in [5.74, 6) is 1.96. The minimum atomic E-state index is -0.134. The van der Waals surface area contributed by atoms with E-state index in [2.05, 4.69) is 11.8 Å². The summed E-state index contributed by atoms with van der Waals surface area (Å²) < 4.78 is 11.5. The number of halogens is 3. The van der Waals surface area contributed by atoms with Crippen molar-refractivity contribution in [3.8, 4) is 11.5 Å². The third-order valence-corrected chi connectivity index (χ3v) is 6.44. The largest absolute Gasteiger partial charge is 0.493 e. The van der Waals surface area contributed by atoms with Gasteiger partial charge in [-0.1, -0.05) is 30.1 Å². The molecule has 0 saturated carbocycles. The number of nitrogens with zero attached hydrogens (tertiary/aromatic N) is 2. The fraction of sp³-hybridized carbons (Fsp3) is 0.435. The van der Waals surface area contributed by atoms with Crippen molar-refractivity contribution in [1.82, 2.24) is 4.90 Å². The van der Waals surface area contributed by atoms with Crippen LogP contribution in [-0.4, -0.2) is 44.2 Å². The Hall–Kier alpha value is -1.66. The lowest BCUT2D eigenvalue weighted by molar-refractivity contribution is 0.0996. The Morgan fingerprint density at radius 3 is 2.55 bits per heavy atom. The van der Waals surface area contributed by atoms with Crippen molar-refractivity contribution in [1.29, 1.82) is 0 Å². The van der Waals surface area contributed by atoms with Crippen LogP contribution in [-0.2, 0) is 6.54 Å². The van der Waals surface area contributed by atoms with Gasteiger partial charge in [-0.15, -0.1) is 12.4 Å². The highest BCUT2D eigenvalue weighted by atomic mass is 35.5. The molecule has 2 aliphatic rings. The number of carbonyl (C=O) groups excluding carboxylic acids is 1. The Kier molecular flexibility index (Phi) is 7.98. The van der Waals surface area contributed by atoms with Crippen molar-refractivity contribution in [3.63, 3.8) is 0 Å². The molecule has 1 saturated heterocycles. The standard InChI is InChI=1S/C23H26Cl2N2O3.ClH/c1-15-5-7-26(8-6-15)9-10-30-21-13-18(3-4-20(21)29-2)27-14-16-11-17(24)12-19(25)22(16)23(27)28;/h3-4,11-13,15H,5-10,14H2,1-2H3;1H. The van der Waals surface area contributed by atoms with Crippen LogP contribution in [0.25, 0.3) is 0 Å². The van der Waals surface area contributed by atoms with E-state index in [-0.39, 0.29) is 18.3 Å². The first kappa shape index (κ1) is 24.0. The lowest BCUT2D eigenvalue weighted by Crippen LogP contribution is -2.35. The van der Waals surface area contributed by atoms with Crippen molar-refractivity contribution in [3.05, 3.63) is 51.5 Å². The molecule has 0 bridgehead atoms. The monoisotopic (exact) mass is 484 g/mol. The van der Waals surface area contributed by atoms with Gasteiger partial charge in [-0.3, -0.25) is 9.69 Å². The molecule has 1 fully saturated rings. The third kappa shape index (κ3) is 5.23. The van der Waals surface area contributed by atoms with Gasteiger partial charge in [0, 0.05) is 23.3 Å². The number of benzene rings is 2. The van der Waals surface area contributed by atoms with Crippen LogP contribution >= 0.6 is 35.6 Å². The van der Waals surface area contributed by atoms with Crippen LogP contribution in [0.2, 0.25) is 10.0 Å². The van der Waals surface area contributed by atoms with Gasteiger partial charge in [0.15, 0.2) is 11.5 Å². The molecule has 168 valence electrons. The molecule has 2 heterocycles. The van der Waals surface area contributed by atoms with Gasteiger partial charge in [-0.05, 0) is 61.7 Å². The predicted molar refractivity (Wildman–Crippen MR) is 128 cm³/mol. The van der Waals surface area contributed by atoms with Crippen LogP contribution < -0.4 is 14.4 Å². The highest BCUT2D eigenvalue weighted by Gasteiger charge is 2.31. The molecule has 0 N–H and O–H groups in total. The number of rotatable bonds is 6. The quantitative estimate of drug-likeness (QED) is 0.527. The molecular formula is C23H27Cl3N2O3. The van der Waals surface area contributed by atoms with Gasteiger partial charge in [0.2, 0.25) is 0 Å². The van der Waals surface area contributed by atoms with Gasteiger partial charge in [-0.2, -0.15) is 0 Å². The summed E-state index contributed by atoms with van der Waals surface area (Å²) >= 11 is 12.4. The second-order valence-corrected chi connectivity index (χ2v) is 8.86. The number of ether oxygens (including phenoxy) is 2. The van der Waals surface area contributed by atoms with E-state index in [9.17, 15) is 4.79 Å². The van der Waals surface area contributed by atoms with Gasteiger partial charge in [0.05, 0.1) is 24.2 Å². The smallest absolute Gasteiger partial charge is 0.260 e. The molecule has 0 aliphatic carbocycles. The van der Waals surface area contributed by atoms with Crippen LogP contribution in [0.4, 0.5) is 5.69 Å². The summed E-state index contributed by atoms with van der Waals surface area (Å²) in [5, 5.41) is 0.907. The molecule has 0 radical (unpaired) electrons. The van der Waals surface area contributed by atoms with E-state index in [0.717, 1.165) is 36.8 Å². The lowest BCUT2D eigenvalue weighted by atomic mass is 9.99. The molecule has 1 amide bonds. The van der Waals surface area contributed by atoms with Crippen LogP contribution in [0.3, 0.4) is 0 Å². The number of anilines is 1. The van der Waals surface area contributed by atoms with E-state index < -0.39 is 0 Å². The number of piperidine rings is 1.